The zero-order chi connectivity index (χ0) is 17.8. The molecule has 0 aliphatic carbocycles. The van der Waals surface area contributed by atoms with Crippen LogP contribution in [0.1, 0.15) is 11.1 Å². The number of carbonyl (C=O) groups excluding carboxylic acids is 1. The van der Waals surface area contributed by atoms with Crippen LogP contribution in [0.15, 0.2) is 47.6 Å². The summed E-state index contributed by atoms with van der Waals surface area (Å²) in [5.74, 6) is 1.21. The van der Waals surface area contributed by atoms with Crippen LogP contribution >= 0.6 is 24.0 Å². The lowest BCUT2D eigenvalue weighted by Crippen LogP contribution is -2.27. The summed E-state index contributed by atoms with van der Waals surface area (Å²) in [6, 6.07) is 9.21. The highest BCUT2D eigenvalue weighted by atomic mass is 32.2. The van der Waals surface area contributed by atoms with Gasteiger partial charge in [0.05, 0.1) is 25.7 Å². The number of pyridine rings is 1. The van der Waals surface area contributed by atoms with Crippen LogP contribution in [-0.2, 0) is 11.3 Å². The van der Waals surface area contributed by atoms with E-state index in [1.165, 1.54) is 11.8 Å². The first-order chi connectivity index (χ1) is 12.1. The Morgan fingerprint density at radius 2 is 2.12 bits per heavy atom. The van der Waals surface area contributed by atoms with Crippen molar-refractivity contribution >= 4 is 40.3 Å². The number of amides is 1. The standard InChI is InChI=1S/C18H16N2O3S2/c1-22-14-6-5-13(15(9-14)23-2)8-16-17(21)20(18(24)25-16)11-12-4-3-7-19-10-12/h3-10H,11H2,1-2H3/b16-8+. The van der Waals surface area contributed by atoms with Crippen LogP contribution in [0.2, 0.25) is 0 Å². The molecular formula is C18H16N2O3S2. The number of carbonyl (C=O) groups is 1. The van der Waals surface area contributed by atoms with Gasteiger partial charge in [0.15, 0.2) is 0 Å². The van der Waals surface area contributed by atoms with Crippen molar-refractivity contribution in [1.82, 2.24) is 9.88 Å². The highest BCUT2D eigenvalue weighted by Crippen LogP contribution is 2.35. The van der Waals surface area contributed by atoms with Crippen LogP contribution in [0.25, 0.3) is 6.08 Å². The molecule has 0 saturated carbocycles. The maximum atomic E-state index is 12.7. The molecule has 0 spiro atoms. The highest BCUT2D eigenvalue weighted by molar-refractivity contribution is 8.26. The van der Waals surface area contributed by atoms with Crippen LogP contribution in [0.5, 0.6) is 11.5 Å². The quantitative estimate of drug-likeness (QED) is 0.591. The summed E-state index contributed by atoms with van der Waals surface area (Å²) in [7, 11) is 3.18. The van der Waals surface area contributed by atoms with Gasteiger partial charge in [0.1, 0.15) is 15.8 Å². The maximum Gasteiger partial charge on any atom is 0.266 e. The fourth-order valence-electron chi connectivity index (χ4n) is 2.39. The van der Waals surface area contributed by atoms with Crippen molar-refractivity contribution in [3.63, 3.8) is 0 Å². The number of aromatic nitrogens is 1. The van der Waals surface area contributed by atoms with E-state index in [-0.39, 0.29) is 5.91 Å². The molecule has 1 aliphatic heterocycles. The van der Waals surface area contributed by atoms with Crippen LogP contribution in [0.4, 0.5) is 0 Å². The number of thioether (sulfide) groups is 1. The lowest BCUT2D eigenvalue weighted by Gasteiger charge is -2.14. The van der Waals surface area contributed by atoms with Gasteiger partial charge < -0.3 is 9.47 Å². The minimum Gasteiger partial charge on any atom is -0.497 e. The fraction of sp³-hybridized carbons (Fsp3) is 0.167. The van der Waals surface area contributed by atoms with E-state index in [2.05, 4.69) is 4.98 Å². The van der Waals surface area contributed by atoms with E-state index in [1.54, 1.807) is 43.7 Å². The number of ether oxygens (including phenoxy) is 2. The highest BCUT2D eigenvalue weighted by Gasteiger charge is 2.32. The van der Waals surface area contributed by atoms with Crippen LogP contribution in [-0.4, -0.2) is 34.3 Å². The average Bonchev–Trinajstić information content (AvgIpc) is 2.90. The molecule has 0 N–H and O–H groups in total. The summed E-state index contributed by atoms with van der Waals surface area (Å²) in [6.07, 6.45) is 5.22. The predicted molar refractivity (Wildman–Crippen MR) is 102 cm³/mol. The van der Waals surface area contributed by atoms with Crippen molar-refractivity contribution in [1.29, 1.82) is 0 Å². The van der Waals surface area contributed by atoms with Gasteiger partial charge in [-0.15, -0.1) is 0 Å². The van der Waals surface area contributed by atoms with Crippen molar-refractivity contribution in [3.8, 4) is 11.5 Å². The monoisotopic (exact) mass is 372 g/mol. The second-order valence-electron chi connectivity index (χ2n) is 5.24. The normalized spacial score (nSPS) is 15.8. The Labute approximate surface area is 155 Å². The molecule has 1 aromatic carbocycles. The molecule has 0 radical (unpaired) electrons. The number of methoxy groups -OCH3 is 2. The van der Waals surface area contributed by atoms with E-state index < -0.39 is 0 Å². The summed E-state index contributed by atoms with van der Waals surface area (Å²) in [5.41, 5.74) is 1.73. The topological polar surface area (TPSA) is 51.7 Å². The second kappa shape index (κ2) is 7.67. The van der Waals surface area contributed by atoms with Gasteiger partial charge in [0.25, 0.3) is 5.91 Å². The summed E-state index contributed by atoms with van der Waals surface area (Å²) >= 11 is 6.65. The first-order valence-electron chi connectivity index (χ1n) is 7.48. The molecule has 3 rings (SSSR count). The minimum atomic E-state index is -0.114. The molecule has 2 aromatic rings. The number of hydrogen-bond acceptors (Lipinski definition) is 6. The Kier molecular flexibility index (Phi) is 5.35. The lowest BCUT2D eigenvalue weighted by atomic mass is 10.1. The number of rotatable bonds is 5. The third-order valence-corrected chi connectivity index (χ3v) is 5.04. The molecule has 2 heterocycles. The fourth-order valence-corrected chi connectivity index (χ4v) is 3.64. The van der Waals surface area contributed by atoms with E-state index in [9.17, 15) is 4.79 Å². The molecule has 1 saturated heterocycles. The van der Waals surface area contributed by atoms with Gasteiger partial charge in [-0.25, -0.2) is 0 Å². The van der Waals surface area contributed by atoms with Gasteiger partial charge in [0.2, 0.25) is 0 Å². The predicted octanol–water partition coefficient (Wildman–Crippen LogP) is 3.50. The third-order valence-electron chi connectivity index (χ3n) is 3.66. The smallest absolute Gasteiger partial charge is 0.266 e. The molecule has 128 valence electrons. The van der Waals surface area contributed by atoms with Crippen LogP contribution in [0, 0.1) is 0 Å². The van der Waals surface area contributed by atoms with Gasteiger partial charge in [-0.1, -0.05) is 30.0 Å². The van der Waals surface area contributed by atoms with Gasteiger partial charge in [0, 0.05) is 24.0 Å². The Morgan fingerprint density at radius 1 is 1.28 bits per heavy atom. The molecule has 25 heavy (non-hydrogen) atoms. The number of thiocarbonyl (C=S) groups is 1. The van der Waals surface area contributed by atoms with Gasteiger partial charge in [-0.05, 0) is 29.8 Å². The maximum absolute atomic E-state index is 12.7. The molecule has 1 aliphatic rings. The molecule has 1 aromatic heterocycles. The lowest BCUT2D eigenvalue weighted by molar-refractivity contribution is -0.122. The van der Waals surface area contributed by atoms with Crippen molar-refractivity contribution < 1.29 is 14.3 Å². The third kappa shape index (κ3) is 3.83. The van der Waals surface area contributed by atoms with Gasteiger partial charge >= 0.3 is 0 Å². The molecule has 7 heteroatoms. The Balaban J connectivity index is 1.85. The van der Waals surface area contributed by atoms with E-state index in [0.29, 0.717) is 27.3 Å². The molecule has 1 amide bonds. The second-order valence-corrected chi connectivity index (χ2v) is 6.91. The van der Waals surface area contributed by atoms with E-state index in [4.69, 9.17) is 21.7 Å². The van der Waals surface area contributed by atoms with Crippen molar-refractivity contribution in [2.24, 2.45) is 0 Å². The SMILES string of the molecule is COc1ccc(/C=C2/SC(=S)N(Cc3cccnc3)C2=O)c(OC)c1. The first-order valence-corrected chi connectivity index (χ1v) is 8.71. The van der Waals surface area contributed by atoms with Crippen molar-refractivity contribution in [2.75, 3.05) is 14.2 Å². The van der Waals surface area contributed by atoms with Crippen molar-refractivity contribution in [3.05, 3.63) is 58.8 Å². The summed E-state index contributed by atoms with van der Waals surface area (Å²) < 4.78 is 11.1. The minimum absolute atomic E-state index is 0.114. The summed E-state index contributed by atoms with van der Waals surface area (Å²) in [5, 5.41) is 0. The molecule has 1 fully saturated rings. The van der Waals surface area contributed by atoms with Gasteiger partial charge in [-0.2, -0.15) is 0 Å². The Bertz CT molecular complexity index is 837. The van der Waals surface area contributed by atoms with Crippen LogP contribution < -0.4 is 9.47 Å². The molecule has 5 nitrogen and oxygen atoms in total. The number of hydrogen-bond donors (Lipinski definition) is 0. The molecule has 0 bridgehead atoms. The van der Waals surface area contributed by atoms with E-state index in [1.807, 2.05) is 24.3 Å². The van der Waals surface area contributed by atoms with E-state index in [0.717, 1.165) is 11.1 Å². The molecule has 0 atom stereocenters. The Hall–Kier alpha value is -2.38. The number of nitrogens with zero attached hydrogens (tertiary/aromatic N) is 2. The summed E-state index contributed by atoms with van der Waals surface area (Å²) in [4.78, 5) is 18.9. The van der Waals surface area contributed by atoms with Gasteiger partial charge in [-0.3, -0.25) is 14.7 Å². The molecular weight excluding hydrogens is 356 g/mol. The van der Waals surface area contributed by atoms with Crippen LogP contribution in [0.3, 0.4) is 0 Å². The number of benzene rings is 1. The zero-order valence-corrected chi connectivity index (χ0v) is 15.4. The molecule has 0 unspecified atom stereocenters. The van der Waals surface area contributed by atoms with Crippen molar-refractivity contribution in [2.45, 2.75) is 6.54 Å². The summed E-state index contributed by atoms with van der Waals surface area (Å²) in [6.45, 7) is 0.412. The Morgan fingerprint density at radius 3 is 2.80 bits per heavy atom. The first kappa shape index (κ1) is 17.4. The average molecular weight is 372 g/mol. The zero-order valence-electron chi connectivity index (χ0n) is 13.8. The van der Waals surface area contributed by atoms with E-state index >= 15 is 0 Å². The largest absolute Gasteiger partial charge is 0.497 e.